The highest BCUT2D eigenvalue weighted by atomic mass is 16.3. The lowest BCUT2D eigenvalue weighted by atomic mass is 9.52. The van der Waals surface area contributed by atoms with Crippen molar-refractivity contribution < 1.29 is 19.8 Å². The number of hydrogen-bond donors (Lipinski definition) is 3. The zero-order valence-corrected chi connectivity index (χ0v) is 18.7. The summed E-state index contributed by atoms with van der Waals surface area (Å²) in [6.45, 7) is 9.75. The fourth-order valence-electron chi connectivity index (χ4n) is 5.84. The quantitative estimate of drug-likeness (QED) is 0.214. The highest BCUT2D eigenvalue weighted by Crippen LogP contribution is 2.57. The van der Waals surface area contributed by atoms with Crippen LogP contribution in [-0.4, -0.2) is 34.0 Å². The van der Waals surface area contributed by atoms with E-state index in [-0.39, 0.29) is 23.2 Å². The SMILES string of the molecule is C/C=C/C=C/[C@@H]1C(C)=C[C@@H]2C[C@H](C)CC[C@H]2[C@]1(C)/C(O)=C1/C(=O)NC(C(C)O)C1=O. The highest BCUT2D eigenvalue weighted by Gasteiger charge is 2.54. The van der Waals surface area contributed by atoms with Crippen molar-refractivity contribution in [2.24, 2.45) is 29.1 Å². The van der Waals surface area contributed by atoms with Crippen LogP contribution in [0.1, 0.15) is 53.9 Å². The van der Waals surface area contributed by atoms with Gasteiger partial charge in [0.25, 0.3) is 5.91 Å². The first-order valence-electron chi connectivity index (χ1n) is 11.1. The van der Waals surface area contributed by atoms with E-state index in [1.807, 2.05) is 32.1 Å². The zero-order chi connectivity index (χ0) is 22.2. The van der Waals surface area contributed by atoms with Gasteiger partial charge in [0.15, 0.2) is 5.78 Å². The maximum absolute atomic E-state index is 12.9. The van der Waals surface area contributed by atoms with Crippen LogP contribution in [0.3, 0.4) is 0 Å². The third-order valence-corrected chi connectivity index (χ3v) is 7.42. The Kier molecular flexibility index (Phi) is 6.42. The molecule has 0 aromatic carbocycles. The molecule has 1 aliphatic heterocycles. The summed E-state index contributed by atoms with van der Waals surface area (Å²) in [7, 11) is 0. The number of hydrogen-bond acceptors (Lipinski definition) is 4. The number of amides is 1. The van der Waals surface area contributed by atoms with Crippen LogP contribution in [0.25, 0.3) is 0 Å². The van der Waals surface area contributed by atoms with Crippen molar-refractivity contribution >= 4 is 11.7 Å². The Labute approximate surface area is 179 Å². The number of nitrogens with one attached hydrogen (secondary N) is 1. The van der Waals surface area contributed by atoms with Gasteiger partial charge in [-0.2, -0.15) is 0 Å². The predicted molar refractivity (Wildman–Crippen MR) is 118 cm³/mol. The van der Waals surface area contributed by atoms with Crippen LogP contribution in [0.4, 0.5) is 0 Å². The van der Waals surface area contributed by atoms with Gasteiger partial charge >= 0.3 is 0 Å². The predicted octanol–water partition coefficient (Wildman–Crippen LogP) is 4.01. The van der Waals surface area contributed by atoms with E-state index in [0.29, 0.717) is 11.8 Å². The van der Waals surface area contributed by atoms with Gasteiger partial charge in [-0.1, -0.05) is 56.2 Å². The first-order valence-corrected chi connectivity index (χ1v) is 11.1. The van der Waals surface area contributed by atoms with Crippen LogP contribution in [0.15, 0.2) is 47.3 Å². The van der Waals surface area contributed by atoms with E-state index >= 15 is 0 Å². The Morgan fingerprint density at radius 3 is 2.60 bits per heavy atom. The second-order valence-electron chi connectivity index (χ2n) is 9.55. The third kappa shape index (κ3) is 3.68. The smallest absolute Gasteiger partial charge is 0.259 e. The monoisotopic (exact) mass is 413 g/mol. The fraction of sp³-hybridized carbons (Fsp3) is 0.600. The van der Waals surface area contributed by atoms with Crippen molar-refractivity contribution in [2.75, 3.05) is 0 Å². The van der Waals surface area contributed by atoms with E-state index in [1.54, 1.807) is 0 Å². The van der Waals surface area contributed by atoms with Crippen molar-refractivity contribution in [3.05, 3.63) is 47.3 Å². The normalized spacial score (nSPS) is 39.8. The molecule has 1 heterocycles. The number of allylic oxidation sites excluding steroid dienone is 7. The highest BCUT2D eigenvalue weighted by molar-refractivity contribution is 6.27. The Balaban J connectivity index is 2.16. The molecule has 2 fully saturated rings. The molecule has 0 aromatic rings. The lowest BCUT2D eigenvalue weighted by molar-refractivity contribution is -0.118. The third-order valence-electron chi connectivity index (χ3n) is 7.42. The summed E-state index contributed by atoms with van der Waals surface area (Å²) >= 11 is 0. The van der Waals surface area contributed by atoms with Crippen molar-refractivity contribution in [2.45, 2.75) is 66.0 Å². The Morgan fingerprint density at radius 1 is 1.30 bits per heavy atom. The molecule has 164 valence electrons. The molecule has 7 atom stereocenters. The molecule has 3 rings (SSSR count). The number of aliphatic hydroxyl groups is 2. The van der Waals surface area contributed by atoms with E-state index < -0.39 is 29.3 Å². The first-order chi connectivity index (χ1) is 14.1. The molecule has 2 unspecified atom stereocenters. The standard InChI is InChI=1S/C25H35NO4/c1-6-7-8-9-18-15(3)13-17-12-14(2)10-11-19(17)25(18,5)23(29)20-22(28)21(16(4)27)26-24(20)30/h6-9,13-14,16-19,21,27,29H,10-12H2,1-5H3,(H,26,30)/b7-6+,9-8+,23-20-/t14-,16?,17+,18-,19-,21?,25-/m1/s1. The Morgan fingerprint density at radius 2 is 2.00 bits per heavy atom. The van der Waals surface area contributed by atoms with Crippen LogP contribution in [-0.2, 0) is 9.59 Å². The minimum atomic E-state index is -1.01. The topological polar surface area (TPSA) is 86.6 Å². The average Bonchev–Trinajstić information content (AvgIpc) is 2.97. The number of rotatable bonds is 4. The Bertz CT molecular complexity index is 834. The van der Waals surface area contributed by atoms with Crippen LogP contribution in [0.2, 0.25) is 0 Å². The molecule has 30 heavy (non-hydrogen) atoms. The molecule has 0 aromatic heterocycles. The number of aliphatic hydroxyl groups excluding tert-OH is 2. The molecule has 0 spiro atoms. The molecule has 2 aliphatic carbocycles. The summed E-state index contributed by atoms with van der Waals surface area (Å²) in [4.78, 5) is 25.6. The van der Waals surface area contributed by atoms with Crippen molar-refractivity contribution in [3.63, 3.8) is 0 Å². The van der Waals surface area contributed by atoms with Crippen molar-refractivity contribution in [3.8, 4) is 0 Å². The van der Waals surface area contributed by atoms with Crippen molar-refractivity contribution in [1.29, 1.82) is 0 Å². The zero-order valence-electron chi connectivity index (χ0n) is 18.7. The molecule has 3 N–H and O–H groups in total. The van der Waals surface area contributed by atoms with E-state index in [0.717, 1.165) is 24.8 Å². The Hall–Kier alpha value is -2.14. The van der Waals surface area contributed by atoms with Crippen LogP contribution < -0.4 is 5.32 Å². The number of fused-ring (bicyclic) bond motifs is 1. The van der Waals surface area contributed by atoms with E-state index in [4.69, 9.17) is 0 Å². The lowest BCUT2D eigenvalue weighted by Gasteiger charge is -2.52. The number of carbonyl (C=O) groups is 2. The van der Waals surface area contributed by atoms with E-state index in [2.05, 4.69) is 31.3 Å². The maximum Gasteiger partial charge on any atom is 0.259 e. The molecule has 1 saturated carbocycles. The molecule has 1 amide bonds. The average molecular weight is 414 g/mol. The number of ketones is 1. The van der Waals surface area contributed by atoms with Gasteiger partial charge in [0.1, 0.15) is 17.4 Å². The number of Topliss-reactive ketones (excluding diaryl/α,β-unsaturated/α-hetero) is 1. The van der Waals surface area contributed by atoms with Gasteiger partial charge < -0.3 is 15.5 Å². The molecule has 0 radical (unpaired) electrons. The summed E-state index contributed by atoms with van der Waals surface area (Å²) in [5.74, 6) is -0.300. The first kappa shape index (κ1) is 22.5. The van der Waals surface area contributed by atoms with Gasteiger partial charge in [0, 0.05) is 11.3 Å². The fourth-order valence-corrected chi connectivity index (χ4v) is 5.84. The second-order valence-corrected chi connectivity index (χ2v) is 9.55. The van der Waals surface area contributed by atoms with E-state index in [1.165, 1.54) is 6.92 Å². The molecule has 3 aliphatic rings. The number of carbonyl (C=O) groups excluding carboxylic acids is 2. The second kappa shape index (κ2) is 8.54. The summed E-state index contributed by atoms with van der Waals surface area (Å²) in [6, 6.07) is -1.00. The largest absolute Gasteiger partial charge is 0.511 e. The van der Waals surface area contributed by atoms with Crippen molar-refractivity contribution in [1.82, 2.24) is 5.32 Å². The molecule has 5 nitrogen and oxygen atoms in total. The van der Waals surface area contributed by atoms with Gasteiger partial charge in [0.2, 0.25) is 0 Å². The van der Waals surface area contributed by atoms with E-state index in [9.17, 15) is 19.8 Å². The van der Waals surface area contributed by atoms with Gasteiger partial charge in [-0.25, -0.2) is 0 Å². The van der Waals surface area contributed by atoms with Gasteiger partial charge in [0.05, 0.1) is 6.10 Å². The van der Waals surface area contributed by atoms with Crippen LogP contribution >= 0.6 is 0 Å². The molecule has 1 saturated heterocycles. The maximum atomic E-state index is 12.9. The van der Waals surface area contributed by atoms with Gasteiger partial charge in [-0.3, -0.25) is 9.59 Å². The summed E-state index contributed by atoms with van der Waals surface area (Å²) in [6.07, 6.45) is 12.3. The lowest BCUT2D eigenvalue weighted by Crippen LogP contribution is -2.46. The van der Waals surface area contributed by atoms with Gasteiger partial charge in [-0.05, 0) is 51.4 Å². The summed E-state index contributed by atoms with van der Waals surface area (Å²) < 4.78 is 0. The van der Waals surface area contributed by atoms with Crippen LogP contribution in [0.5, 0.6) is 0 Å². The molecular weight excluding hydrogens is 378 g/mol. The molecular formula is C25H35NO4. The summed E-state index contributed by atoms with van der Waals surface area (Å²) in [5, 5.41) is 24.0. The summed E-state index contributed by atoms with van der Waals surface area (Å²) in [5.41, 5.74) is 0.205. The molecule has 5 heteroatoms. The van der Waals surface area contributed by atoms with Gasteiger partial charge in [-0.15, -0.1) is 0 Å². The van der Waals surface area contributed by atoms with Crippen LogP contribution in [0, 0.1) is 29.1 Å². The minimum absolute atomic E-state index is 0.123. The minimum Gasteiger partial charge on any atom is -0.511 e. The molecule has 0 bridgehead atoms.